The number of hydrogen-bond donors (Lipinski definition) is 3. The van der Waals surface area contributed by atoms with E-state index in [0.717, 1.165) is 18.9 Å². The second kappa shape index (κ2) is 8.43. The molecule has 0 bridgehead atoms. The minimum absolute atomic E-state index is 0.0331. The van der Waals surface area contributed by atoms with E-state index in [1.165, 1.54) is 12.1 Å². The van der Waals surface area contributed by atoms with Crippen LogP contribution in [0.5, 0.6) is 0 Å². The van der Waals surface area contributed by atoms with Gasteiger partial charge in [0.15, 0.2) is 6.61 Å². The number of nitro benzene ring substituents is 1. The molecule has 1 atom stereocenters. The van der Waals surface area contributed by atoms with Gasteiger partial charge in [-0.2, -0.15) is 0 Å². The molecular formula is C16H21N3O6. The molecule has 0 radical (unpaired) electrons. The molecule has 9 heteroatoms. The number of ether oxygens (including phenoxy) is 1. The van der Waals surface area contributed by atoms with E-state index in [4.69, 9.17) is 9.84 Å². The molecular weight excluding hydrogens is 330 g/mol. The Balaban J connectivity index is 2.01. The van der Waals surface area contributed by atoms with Crippen LogP contribution < -0.4 is 10.6 Å². The Hall–Kier alpha value is -2.68. The summed E-state index contributed by atoms with van der Waals surface area (Å²) in [5, 5.41) is 25.3. The van der Waals surface area contributed by atoms with E-state index in [9.17, 15) is 19.7 Å². The highest BCUT2D eigenvalue weighted by Crippen LogP contribution is 2.32. The van der Waals surface area contributed by atoms with Gasteiger partial charge in [-0.3, -0.25) is 14.9 Å². The molecule has 25 heavy (non-hydrogen) atoms. The number of nitro groups is 1. The molecule has 1 aromatic carbocycles. The summed E-state index contributed by atoms with van der Waals surface area (Å²) < 4.78 is 4.97. The summed E-state index contributed by atoms with van der Waals surface area (Å²) >= 11 is 0. The lowest BCUT2D eigenvalue weighted by atomic mass is 10.1. The molecule has 1 aliphatic carbocycles. The lowest BCUT2D eigenvalue weighted by molar-refractivity contribution is -0.384. The maximum Gasteiger partial charge on any atom is 0.341 e. The zero-order chi connectivity index (χ0) is 18.4. The van der Waals surface area contributed by atoms with Crippen molar-refractivity contribution in [2.75, 3.05) is 25.1 Å². The average Bonchev–Trinajstić information content (AvgIpc) is 3.42. The van der Waals surface area contributed by atoms with Crippen LogP contribution in [0.15, 0.2) is 18.2 Å². The van der Waals surface area contributed by atoms with E-state index < -0.39 is 23.4 Å². The first-order chi connectivity index (χ1) is 11.9. The third-order valence-electron chi connectivity index (χ3n) is 3.91. The second-order valence-corrected chi connectivity index (χ2v) is 5.91. The maximum atomic E-state index is 12.2. The van der Waals surface area contributed by atoms with E-state index in [2.05, 4.69) is 10.6 Å². The quantitative estimate of drug-likeness (QED) is 0.344. The lowest BCUT2D eigenvalue weighted by Crippen LogP contribution is -2.37. The number of non-ortho nitro benzene ring substituents is 1. The van der Waals surface area contributed by atoms with Gasteiger partial charge in [0.05, 0.1) is 17.1 Å². The van der Waals surface area contributed by atoms with Crippen molar-refractivity contribution < 1.29 is 24.4 Å². The maximum absolute atomic E-state index is 12.2. The van der Waals surface area contributed by atoms with Crippen molar-refractivity contribution in [1.82, 2.24) is 5.32 Å². The van der Waals surface area contributed by atoms with Crippen LogP contribution in [0.1, 0.15) is 30.1 Å². The number of aliphatic hydroxyl groups excluding tert-OH is 1. The van der Waals surface area contributed by atoms with E-state index in [0.29, 0.717) is 5.92 Å². The first-order valence-electron chi connectivity index (χ1n) is 8.02. The van der Waals surface area contributed by atoms with Gasteiger partial charge < -0.3 is 20.5 Å². The van der Waals surface area contributed by atoms with Crippen LogP contribution in [-0.4, -0.2) is 47.7 Å². The molecule has 136 valence electrons. The van der Waals surface area contributed by atoms with Crippen molar-refractivity contribution in [2.45, 2.75) is 25.8 Å². The fourth-order valence-electron chi connectivity index (χ4n) is 2.38. The third-order valence-corrected chi connectivity index (χ3v) is 3.91. The molecule has 3 N–H and O–H groups in total. The van der Waals surface area contributed by atoms with Gasteiger partial charge in [0, 0.05) is 30.4 Å². The van der Waals surface area contributed by atoms with Crippen molar-refractivity contribution in [3.63, 3.8) is 0 Å². The van der Waals surface area contributed by atoms with Gasteiger partial charge in [-0.25, -0.2) is 4.79 Å². The molecule has 0 aliphatic heterocycles. The fourth-order valence-corrected chi connectivity index (χ4v) is 2.38. The number of esters is 1. The molecule has 9 nitrogen and oxygen atoms in total. The average molecular weight is 351 g/mol. The number of benzene rings is 1. The van der Waals surface area contributed by atoms with Crippen molar-refractivity contribution >= 4 is 23.3 Å². The molecule has 1 fully saturated rings. The zero-order valence-corrected chi connectivity index (χ0v) is 13.9. The Bertz CT molecular complexity index is 659. The Labute approximate surface area is 144 Å². The monoisotopic (exact) mass is 351 g/mol. The number of carbonyl (C=O) groups is 2. The largest absolute Gasteiger partial charge is 0.452 e. The molecule has 0 unspecified atom stereocenters. The summed E-state index contributed by atoms with van der Waals surface area (Å²) in [4.78, 5) is 34.3. The standard InChI is InChI=1S/C16H21N3O6/c1-10(11-2-3-11)18-15(21)9-25-16(22)13-8-12(19(23)24)4-5-14(13)17-6-7-20/h4-5,8,10-11,17,20H,2-3,6-7,9H2,1H3,(H,18,21)/t10-/m0/s1. The van der Waals surface area contributed by atoms with Crippen LogP contribution in [0.3, 0.4) is 0 Å². The predicted octanol–water partition coefficient (Wildman–Crippen LogP) is 1.07. The van der Waals surface area contributed by atoms with Gasteiger partial charge in [-0.15, -0.1) is 0 Å². The molecule has 0 spiro atoms. The highest BCUT2D eigenvalue weighted by molar-refractivity contribution is 5.97. The molecule has 0 heterocycles. The molecule has 1 aromatic rings. The summed E-state index contributed by atoms with van der Waals surface area (Å²) in [5.41, 5.74) is -0.0459. The molecule has 1 amide bonds. The van der Waals surface area contributed by atoms with Gasteiger partial charge >= 0.3 is 5.97 Å². The van der Waals surface area contributed by atoms with Crippen LogP contribution in [0, 0.1) is 16.0 Å². The van der Waals surface area contributed by atoms with Gasteiger partial charge in [0.2, 0.25) is 0 Å². The van der Waals surface area contributed by atoms with Crippen LogP contribution in [0.25, 0.3) is 0 Å². The third kappa shape index (κ3) is 5.42. The van der Waals surface area contributed by atoms with Crippen LogP contribution in [0.4, 0.5) is 11.4 Å². The molecule has 0 saturated heterocycles. The number of anilines is 1. The number of nitrogens with one attached hydrogen (secondary N) is 2. The number of hydrogen-bond acceptors (Lipinski definition) is 7. The Morgan fingerprint density at radius 2 is 2.16 bits per heavy atom. The minimum Gasteiger partial charge on any atom is -0.452 e. The summed E-state index contributed by atoms with van der Waals surface area (Å²) in [6.45, 7) is 1.43. The Morgan fingerprint density at radius 1 is 1.44 bits per heavy atom. The highest BCUT2D eigenvalue weighted by Gasteiger charge is 2.29. The van der Waals surface area contributed by atoms with Gasteiger partial charge in [-0.05, 0) is 31.7 Å². The Morgan fingerprint density at radius 3 is 2.76 bits per heavy atom. The lowest BCUT2D eigenvalue weighted by Gasteiger charge is -2.14. The molecule has 2 rings (SSSR count). The van der Waals surface area contributed by atoms with E-state index in [-0.39, 0.29) is 36.1 Å². The normalized spacial score (nSPS) is 14.5. The van der Waals surface area contributed by atoms with Gasteiger partial charge in [0.25, 0.3) is 11.6 Å². The van der Waals surface area contributed by atoms with Crippen molar-refractivity contribution in [3.8, 4) is 0 Å². The first kappa shape index (κ1) is 18.7. The molecule has 0 aromatic heterocycles. The highest BCUT2D eigenvalue weighted by atomic mass is 16.6. The molecule has 1 aliphatic rings. The molecule has 1 saturated carbocycles. The van der Waals surface area contributed by atoms with Crippen LogP contribution in [0.2, 0.25) is 0 Å². The number of amides is 1. The van der Waals surface area contributed by atoms with Gasteiger partial charge in [0.1, 0.15) is 0 Å². The smallest absolute Gasteiger partial charge is 0.341 e. The summed E-state index contributed by atoms with van der Waals surface area (Å²) in [6, 6.07) is 3.71. The van der Waals surface area contributed by atoms with Crippen molar-refractivity contribution in [3.05, 3.63) is 33.9 Å². The fraction of sp³-hybridized carbons (Fsp3) is 0.500. The topological polar surface area (TPSA) is 131 Å². The number of carbonyl (C=O) groups excluding carboxylic acids is 2. The van der Waals surface area contributed by atoms with Crippen LogP contribution in [-0.2, 0) is 9.53 Å². The van der Waals surface area contributed by atoms with Gasteiger partial charge in [-0.1, -0.05) is 0 Å². The summed E-state index contributed by atoms with van der Waals surface area (Å²) in [5.74, 6) is -0.785. The SMILES string of the molecule is C[C@H](NC(=O)COC(=O)c1cc([N+](=O)[O-])ccc1NCCO)C1CC1. The van der Waals surface area contributed by atoms with E-state index in [1.54, 1.807) is 0 Å². The van der Waals surface area contributed by atoms with E-state index in [1.807, 2.05) is 6.92 Å². The summed E-state index contributed by atoms with van der Waals surface area (Å²) in [6.07, 6.45) is 2.16. The number of aliphatic hydroxyl groups is 1. The number of rotatable bonds is 9. The zero-order valence-electron chi connectivity index (χ0n) is 13.9. The summed E-state index contributed by atoms with van der Waals surface area (Å²) in [7, 11) is 0. The minimum atomic E-state index is -0.849. The van der Waals surface area contributed by atoms with E-state index >= 15 is 0 Å². The van der Waals surface area contributed by atoms with Crippen molar-refractivity contribution in [1.29, 1.82) is 0 Å². The number of nitrogens with zero attached hydrogens (tertiary/aromatic N) is 1. The second-order valence-electron chi connectivity index (χ2n) is 5.91. The van der Waals surface area contributed by atoms with Crippen LogP contribution >= 0.6 is 0 Å². The predicted molar refractivity (Wildman–Crippen MR) is 89.3 cm³/mol. The Kier molecular flexibility index (Phi) is 6.29. The van der Waals surface area contributed by atoms with Crippen molar-refractivity contribution in [2.24, 2.45) is 5.92 Å². The first-order valence-corrected chi connectivity index (χ1v) is 8.02.